The number of carbonyl (C=O) groups is 2. The molecule has 4 rings (SSSR count). The van der Waals surface area contributed by atoms with Gasteiger partial charge in [0.2, 0.25) is 0 Å². The van der Waals surface area contributed by atoms with Crippen LogP contribution in [0.1, 0.15) is 44.6 Å². The van der Waals surface area contributed by atoms with Crippen LogP contribution in [0.2, 0.25) is 5.02 Å². The first-order chi connectivity index (χ1) is 16.9. The number of anilines is 1. The molecule has 0 aliphatic carbocycles. The fraction of sp³-hybridized carbons (Fsp3) is 0.160. The SMILES string of the molecule is Cc1ncc2cc(C(=O)Nc3cc(C(=O)NC(CCN)c4ccccc4)ccc3Cl)c(=O)[nH]c2n1.Cl. The van der Waals surface area contributed by atoms with E-state index in [1.54, 1.807) is 13.0 Å². The number of halogens is 2. The lowest BCUT2D eigenvalue weighted by Crippen LogP contribution is -2.30. The average Bonchev–Trinajstić information content (AvgIpc) is 2.85. The topological polar surface area (TPSA) is 143 Å². The minimum Gasteiger partial charge on any atom is -0.345 e. The Labute approximate surface area is 217 Å². The van der Waals surface area contributed by atoms with Crippen LogP contribution in [-0.2, 0) is 0 Å². The van der Waals surface area contributed by atoms with Gasteiger partial charge in [-0.2, -0.15) is 0 Å². The maximum Gasteiger partial charge on any atom is 0.262 e. The Morgan fingerprint density at radius 3 is 2.58 bits per heavy atom. The van der Waals surface area contributed by atoms with Crippen molar-refractivity contribution in [3.63, 3.8) is 0 Å². The average molecular weight is 527 g/mol. The predicted octanol–water partition coefficient (Wildman–Crippen LogP) is 3.77. The molecule has 0 fully saturated rings. The van der Waals surface area contributed by atoms with E-state index in [1.165, 1.54) is 24.4 Å². The minimum absolute atomic E-state index is 0. The van der Waals surface area contributed by atoms with E-state index in [9.17, 15) is 14.4 Å². The Balaban J connectivity index is 0.00000361. The van der Waals surface area contributed by atoms with Crippen LogP contribution >= 0.6 is 24.0 Å². The number of nitrogens with two attached hydrogens (primary N) is 1. The molecular formula is C25H24Cl2N6O3. The van der Waals surface area contributed by atoms with Crippen molar-refractivity contribution < 1.29 is 9.59 Å². The molecule has 11 heteroatoms. The summed E-state index contributed by atoms with van der Waals surface area (Å²) < 4.78 is 0. The van der Waals surface area contributed by atoms with E-state index in [4.69, 9.17) is 17.3 Å². The molecule has 0 saturated carbocycles. The monoisotopic (exact) mass is 526 g/mol. The number of carbonyl (C=O) groups excluding carboxylic acids is 2. The van der Waals surface area contributed by atoms with Crippen molar-refractivity contribution in [3.05, 3.63) is 98.7 Å². The number of aryl methyl sites for hydroxylation is 1. The Bertz CT molecular complexity index is 1460. The Kier molecular flexibility index (Phi) is 8.76. The zero-order valence-electron chi connectivity index (χ0n) is 19.2. The first-order valence-electron chi connectivity index (χ1n) is 10.9. The third-order valence-electron chi connectivity index (χ3n) is 5.40. The van der Waals surface area contributed by atoms with Crippen LogP contribution in [0.5, 0.6) is 0 Å². The predicted molar refractivity (Wildman–Crippen MR) is 142 cm³/mol. The first-order valence-corrected chi connectivity index (χ1v) is 11.3. The summed E-state index contributed by atoms with van der Waals surface area (Å²) in [7, 11) is 0. The Hall–Kier alpha value is -3.79. The molecule has 0 saturated heterocycles. The van der Waals surface area contributed by atoms with Crippen LogP contribution in [0.25, 0.3) is 11.0 Å². The highest BCUT2D eigenvalue weighted by Crippen LogP contribution is 2.25. The van der Waals surface area contributed by atoms with Gasteiger partial charge in [0.05, 0.1) is 16.8 Å². The molecule has 2 aromatic heterocycles. The summed E-state index contributed by atoms with van der Waals surface area (Å²) in [6.45, 7) is 2.09. The molecule has 0 aliphatic rings. The molecule has 0 spiro atoms. The van der Waals surface area contributed by atoms with Gasteiger partial charge in [-0.15, -0.1) is 12.4 Å². The van der Waals surface area contributed by atoms with Crippen LogP contribution < -0.4 is 21.9 Å². The standard InChI is InChI=1S/C25H23ClN6O3.ClH/c1-14-28-13-17-11-18(25(35)32-22(17)29-14)24(34)31-21-12-16(7-8-19(21)26)23(33)30-20(9-10-27)15-5-3-2-4-6-15;/h2-8,11-13,20H,9-10,27H2,1H3,(H,30,33)(H,31,34)(H,28,29,32,35);1H. The number of fused-ring (bicyclic) bond motifs is 1. The van der Waals surface area contributed by atoms with E-state index in [0.717, 1.165) is 5.56 Å². The molecule has 186 valence electrons. The number of H-pyrrole nitrogens is 1. The van der Waals surface area contributed by atoms with Crippen LogP contribution in [0, 0.1) is 6.92 Å². The fourth-order valence-corrected chi connectivity index (χ4v) is 3.78. The number of nitrogens with zero attached hydrogens (tertiary/aromatic N) is 2. The maximum absolute atomic E-state index is 13.0. The normalized spacial score (nSPS) is 11.4. The number of hydrogen-bond donors (Lipinski definition) is 4. The van der Waals surface area contributed by atoms with Gasteiger partial charge in [-0.25, -0.2) is 9.97 Å². The van der Waals surface area contributed by atoms with Gasteiger partial charge in [0.25, 0.3) is 17.4 Å². The van der Waals surface area contributed by atoms with Crippen molar-refractivity contribution in [2.45, 2.75) is 19.4 Å². The molecule has 2 amide bonds. The Morgan fingerprint density at radius 2 is 1.86 bits per heavy atom. The smallest absolute Gasteiger partial charge is 0.262 e. The van der Waals surface area contributed by atoms with Crippen molar-refractivity contribution in [3.8, 4) is 0 Å². The van der Waals surface area contributed by atoms with Gasteiger partial charge < -0.3 is 21.4 Å². The van der Waals surface area contributed by atoms with E-state index in [2.05, 4.69) is 25.6 Å². The quantitative estimate of drug-likeness (QED) is 0.288. The number of amides is 2. The molecule has 0 bridgehead atoms. The van der Waals surface area contributed by atoms with Gasteiger partial charge in [-0.05, 0) is 49.7 Å². The van der Waals surface area contributed by atoms with E-state index in [0.29, 0.717) is 35.4 Å². The minimum atomic E-state index is -0.682. The van der Waals surface area contributed by atoms with E-state index >= 15 is 0 Å². The zero-order valence-corrected chi connectivity index (χ0v) is 20.8. The van der Waals surface area contributed by atoms with Gasteiger partial charge in [-0.3, -0.25) is 14.4 Å². The van der Waals surface area contributed by atoms with Crippen LogP contribution in [0.3, 0.4) is 0 Å². The van der Waals surface area contributed by atoms with E-state index < -0.39 is 11.5 Å². The van der Waals surface area contributed by atoms with Gasteiger partial charge in [-0.1, -0.05) is 41.9 Å². The van der Waals surface area contributed by atoms with Gasteiger partial charge >= 0.3 is 0 Å². The molecule has 4 aromatic rings. The number of aromatic nitrogens is 3. The number of benzene rings is 2. The molecule has 2 aromatic carbocycles. The van der Waals surface area contributed by atoms with Crippen LogP contribution in [0.4, 0.5) is 5.69 Å². The number of hydrogen-bond acceptors (Lipinski definition) is 6. The lowest BCUT2D eigenvalue weighted by atomic mass is 10.0. The third kappa shape index (κ3) is 6.06. The van der Waals surface area contributed by atoms with Gasteiger partial charge in [0.15, 0.2) is 0 Å². The van der Waals surface area contributed by atoms with Crippen molar-refractivity contribution in [2.24, 2.45) is 5.73 Å². The highest BCUT2D eigenvalue weighted by molar-refractivity contribution is 6.34. The molecule has 9 nitrogen and oxygen atoms in total. The second-order valence-corrected chi connectivity index (χ2v) is 8.30. The second-order valence-electron chi connectivity index (χ2n) is 7.90. The van der Waals surface area contributed by atoms with Crippen molar-refractivity contribution in [1.29, 1.82) is 0 Å². The van der Waals surface area contributed by atoms with Crippen LogP contribution in [-0.4, -0.2) is 33.3 Å². The number of pyridine rings is 1. The van der Waals surface area contributed by atoms with Crippen molar-refractivity contribution >= 4 is 52.5 Å². The highest BCUT2D eigenvalue weighted by Gasteiger charge is 2.18. The first kappa shape index (κ1) is 26.8. The largest absolute Gasteiger partial charge is 0.345 e. The van der Waals surface area contributed by atoms with Gasteiger partial charge in [0.1, 0.15) is 17.0 Å². The summed E-state index contributed by atoms with van der Waals surface area (Å²) in [5.74, 6) is -0.540. The van der Waals surface area contributed by atoms with E-state index in [-0.39, 0.29) is 40.6 Å². The lowest BCUT2D eigenvalue weighted by Gasteiger charge is -2.19. The number of rotatable bonds is 7. The molecule has 5 N–H and O–H groups in total. The molecule has 1 unspecified atom stereocenters. The molecule has 0 aliphatic heterocycles. The summed E-state index contributed by atoms with van der Waals surface area (Å²) >= 11 is 6.27. The second kappa shape index (κ2) is 11.8. The third-order valence-corrected chi connectivity index (χ3v) is 5.73. The maximum atomic E-state index is 13.0. The molecule has 0 radical (unpaired) electrons. The summed E-state index contributed by atoms with van der Waals surface area (Å²) in [5.41, 5.74) is 6.75. The van der Waals surface area contributed by atoms with Crippen LogP contribution in [0.15, 0.2) is 65.6 Å². The summed E-state index contributed by atoms with van der Waals surface area (Å²) in [4.78, 5) is 49.1. The fourth-order valence-electron chi connectivity index (χ4n) is 3.62. The van der Waals surface area contributed by atoms with Crippen molar-refractivity contribution in [2.75, 3.05) is 11.9 Å². The summed E-state index contributed by atoms with van der Waals surface area (Å²) in [5, 5.41) is 6.31. The molecule has 2 heterocycles. The van der Waals surface area contributed by atoms with Crippen molar-refractivity contribution in [1.82, 2.24) is 20.3 Å². The highest BCUT2D eigenvalue weighted by atomic mass is 35.5. The summed E-state index contributed by atoms with van der Waals surface area (Å²) in [6, 6.07) is 15.2. The zero-order chi connectivity index (χ0) is 24.9. The summed E-state index contributed by atoms with van der Waals surface area (Å²) in [6.07, 6.45) is 2.08. The lowest BCUT2D eigenvalue weighted by molar-refractivity contribution is 0.0934. The van der Waals surface area contributed by atoms with E-state index in [1.807, 2.05) is 30.3 Å². The number of aromatic amines is 1. The number of nitrogens with one attached hydrogen (secondary N) is 3. The molecule has 36 heavy (non-hydrogen) atoms. The Morgan fingerprint density at radius 1 is 1.11 bits per heavy atom. The molecule has 1 atom stereocenters. The molecular weight excluding hydrogens is 503 g/mol. The van der Waals surface area contributed by atoms with Gasteiger partial charge in [0, 0.05) is 17.1 Å².